The van der Waals surface area contributed by atoms with Gasteiger partial charge in [-0.1, -0.05) is 23.4 Å². The van der Waals surface area contributed by atoms with Crippen molar-refractivity contribution in [1.29, 1.82) is 5.26 Å². The largest absolute Gasteiger partial charge is 0.404 e. The van der Waals surface area contributed by atoms with Crippen molar-refractivity contribution in [3.63, 3.8) is 0 Å². The zero-order valence-electron chi connectivity index (χ0n) is 30.6. The number of rotatable bonds is 9. The predicted molar refractivity (Wildman–Crippen MR) is 210 cm³/mol. The van der Waals surface area contributed by atoms with Gasteiger partial charge in [-0.2, -0.15) is 18.4 Å². The summed E-state index contributed by atoms with van der Waals surface area (Å²) in [6.07, 6.45) is -0.364. The maximum atomic E-state index is 14.2. The van der Waals surface area contributed by atoms with Crippen LogP contribution in [-0.2, 0) is 21.3 Å². The van der Waals surface area contributed by atoms with Crippen molar-refractivity contribution in [2.45, 2.75) is 51.5 Å². The quantitative estimate of drug-likeness (QED) is 0.193. The number of carbonyl (C=O) groups is 1. The Morgan fingerprint density at radius 3 is 2.60 bits per heavy atom. The van der Waals surface area contributed by atoms with Gasteiger partial charge in [0.25, 0.3) is 11.5 Å². The second kappa shape index (κ2) is 16.0. The first-order chi connectivity index (χ1) is 27.2. The molecule has 4 aromatic heterocycles. The minimum atomic E-state index is -5.05. The summed E-state index contributed by atoms with van der Waals surface area (Å²) in [6.45, 7) is 7.51. The summed E-state index contributed by atoms with van der Waals surface area (Å²) in [5.74, 6) is 3.48. The van der Waals surface area contributed by atoms with Gasteiger partial charge < -0.3 is 9.64 Å². The van der Waals surface area contributed by atoms with Crippen LogP contribution in [0.3, 0.4) is 0 Å². The smallest absolute Gasteiger partial charge is 0.378 e. The number of fused-ring (bicyclic) bond motifs is 2. The molecule has 1 aromatic carbocycles. The molecule has 2 fully saturated rings. The number of benzene rings is 1. The SMILES string of the molecule is CCN(c1ncc2nc(C)n(CC#Cc3ccc(Cl)cc3-c3ccnc4c(C(=O)NS(=O)(=O)CC(F)(F)F)csc34)c(=O)c2c1C#N)C1CCN(C2COC2)CC1. The molecule has 19 heteroatoms. The molecule has 7 rings (SSSR count). The molecule has 1 N–H and O–H groups in total. The van der Waals surface area contributed by atoms with E-state index >= 15 is 0 Å². The number of hydrogen-bond donors (Lipinski definition) is 1. The van der Waals surface area contributed by atoms with Crippen LogP contribution in [0.4, 0.5) is 19.0 Å². The molecule has 0 bridgehead atoms. The Morgan fingerprint density at radius 2 is 1.93 bits per heavy atom. The molecule has 57 heavy (non-hydrogen) atoms. The number of amides is 1. The van der Waals surface area contributed by atoms with Gasteiger partial charge in [0.1, 0.15) is 23.3 Å². The number of nitriles is 1. The number of likely N-dealkylation sites (tertiary alicyclic amines) is 1. The molecule has 1 amide bonds. The number of aryl methyl sites for hydroxylation is 1. The fraction of sp³-hybridized carbons (Fsp3) is 0.368. The van der Waals surface area contributed by atoms with E-state index in [1.807, 2.05) is 6.92 Å². The van der Waals surface area contributed by atoms with Crippen molar-refractivity contribution in [2.24, 2.45) is 0 Å². The summed E-state index contributed by atoms with van der Waals surface area (Å²) in [6, 6.07) is 9.41. The van der Waals surface area contributed by atoms with Crippen LogP contribution in [-0.4, -0.2) is 95.6 Å². The number of anilines is 1. The van der Waals surface area contributed by atoms with Crippen LogP contribution in [0.1, 0.15) is 47.1 Å². The summed E-state index contributed by atoms with van der Waals surface area (Å²) in [5, 5.41) is 12.3. The van der Waals surface area contributed by atoms with Gasteiger partial charge in [0, 0.05) is 59.0 Å². The van der Waals surface area contributed by atoms with Crippen LogP contribution in [0, 0.1) is 30.1 Å². The molecule has 0 atom stereocenters. The number of carbonyl (C=O) groups excluding carboxylic acids is 1. The fourth-order valence-electron chi connectivity index (χ4n) is 7.21. The molecule has 6 heterocycles. The number of alkyl halides is 3. The van der Waals surface area contributed by atoms with Crippen molar-refractivity contribution in [2.75, 3.05) is 43.5 Å². The van der Waals surface area contributed by atoms with Crippen LogP contribution in [0.25, 0.3) is 32.2 Å². The minimum absolute atomic E-state index is 0.0681. The monoisotopic (exact) mass is 838 g/mol. The molecule has 2 aliphatic heterocycles. The zero-order chi connectivity index (χ0) is 40.6. The van der Waals surface area contributed by atoms with Crippen molar-refractivity contribution in [1.82, 2.24) is 29.1 Å². The van der Waals surface area contributed by atoms with Crippen LogP contribution < -0.4 is 15.2 Å². The van der Waals surface area contributed by atoms with E-state index < -0.39 is 33.4 Å². The highest BCUT2D eigenvalue weighted by Crippen LogP contribution is 2.37. The maximum absolute atomic E-state index is 14.2. The Morgan fingerprint density at radius 1 is 1.18 bits per heavy atom. The third kappa shape index (κ3) is 8.32. The number of ether oxygens (including phenoxy) is 1. The molecule has 0 spiro atoms. The number of pyridine rings is 2. The third-order valence-electron chi connectivity index (χ3n) is 10.0. The van der Waals surface area contributed by atoms with E-state index in [2.05, 4.69) is 42.7 Å². The Hall–Kier alpha value is -5.11. The zero-order valence-corrected chi connectivity index (χ0v) is 32.9. The molecule has 0 radical (unpaired) electrons. The highest BCUT2D eigenvalue weighted by Gasteiger charge is 2.37. The summed E-state index contributed by atoms with van der Waals surface area (Å²) >= 11 is 7.44. The highest BCUT2D eigenvalue weighted by molar-refractivity contribution is 7.90. The van der Waals surface area contributed by atoms with E-state index in [1.54, 1.807) is 31.2 Å². The van der Waals surface area contributed by atoms with Gasteiger partial charge >= 0.3 is 6.18 Å². The van der Waals surface area contributed by atoms with Crippen molar-refractivity contribution >= 4 is 65.8 Å². The second-order valence-electron chi connectivity index (χ2n) is 13.6. The van der Waals surface area contributed by atoms with Gasteiger partial charge in [-0.15, -0.1) is 11.3 Å². The molecule has 296 valence electrons. The van der Waals surface area contributed by atoms with Gasteiger partial charge in [-0.25, -0.2) is 23.1 Å². The lowest BCUT2D eigenvalue weighted by Crippen LogP contribution is -2.54. The fourth-order valence-corrected chi connectivity index (χ4v) is 9.31. The van der Waals surface area contributed by atoms with Crippen molar-refractivity contribution < 1.29 is 31.1 Å². The van der Waals surface area contributed by atoms with Crippen LogP contribution in [0.2, 0.25) is 5.02 Å². The summed E-state index contributed by atoms with van der Waals surface area (Å²) in [5.41, 5.74) is 1.41. The Kier molecular flexibility index (Phi) is 11.3. The van der Waals surface area contributed by atoms with E-state index in [9.17, 15) is 36.4 Å². The molecular formula is C38H34ClF3N8O5S2. The number of aromatic nitrogens is 4. The molecule has 2 saturated heterocycles. The Balaban J connectivity index is 1.18. The number of sulfonamides is 1. The van der Waals surface area contributed by atoms with Crippen molar-refractivity contribution in [3.05, 3.63) is 79.9 Å². The molecule has 5 aromatic rings. The molecule has 0 unspecified atom stereocenters. The van der Waals surface area contributed by atoms with E-state index in [1.165, 1.54) is 27.1 Å². The van der Waals surface area contributed by atoms with Crippen molar-refractivity contribution in [3.8, 4) is 29.0 Å². The number of piperidine rings is 1. The number of halogens is 4. The van der Waals surface area contributed by atoms with Crippen LogP contribution in [0.15, 0.2) is 46.8 Å². The van der Waals surface area contributed by atoms with E-state index in [4.69, 9.17) is 16.3 Å². The average Bonchev–Trinajstić information content (AvgIpc) is 3.57. The number of nitrogens with one attached hydrogen (secondary N) is 1. The lowest BCUT2D eigenvalue weighted by Gasteiger charge is -2.44. The molecule has 13 nitrogen and oxygen atoms in total. The predicted octanol–water partition coefficient (Wildman–Crippen LogP) is 5.26. The van der Waals surface area contributed by atoms with E-state index in [0.717, 1.165) is 50.5 Å². The first-order valence-electron chi connectivity index (χ1n) is 17.8. The molecule has 2 aliphatic rings. The first kappa shape index (κ1) is 40.1. The Bertz CT molecular complexity index is 2680. The molecular weight excluding hydrogens is 805 g/mol. The van der Waals surface area contributed by atoms with Crippen LogP contribution >= 0.6 is 22.9 Å². The van der Waals surface area contributed by atoms with Gasteiger partial charge in [0.2, 0.25) is 10.0 Å². The first-order valence-corrected chi connectivity index (χ1v) is 20.7. The lowest BCUT2D eigenvalue weighted by atomic mass is 10.00. The third-order valence-corrected chi connectivity index (χ3v) is 12.4. The van der Waals surface area contributed by atoms with Gasteiger partial charge in [-0.05, 0) is 51.0 Å². The van der Waals surface area contributed by atoms with Crippen LogP contribution in [0.5, 0.6) is 0 Å². The standard InChI is InChI=1S/C38H34ClF3N8O5S2/c1-3-49(25-9-13-48(14-10-25)26-18-55-19-26)35-29(16-43)32-31(17-45-35)46-22(2)50(37(32)52)12-4-5-23-6-7-24(39)15-28(23)27-8-11-44-33-30(20-56-34(27)33)36(51)47-57(53,54)21-38(40,41)42/h6-8,11,15,17,20,25-26H,3,9-10,12-14,18-19,21H2,1-2H3,(H,47,51). The number of nitrogens with zero attached hydrogens (tertiary/aromatic N) is 7. The summed E-state index contributed by atoms with van der Waals surface area (Å²) < 4.78 is 71.0. The summed E-state index contributed by atoms with van der Waals surface area (Å²) in [4.78, 5) is 45.0. The normalized spacial score (nSPS) is 15.5. The molecule has 0 saturated carbocycles. The minimum Gasteiger partial charge on any atom is -0.378 e. The lowest BCUT2D eigenvalue weighted by molar-refractivity contribution is -0.106. The Labute approximate surface area is 334 Å². The number of hydrogen-bond acceptors (Lipinski definition) is 12. The van der Waals surface area contributed by atoms with E-state index in [-0.39, 0.29) is 34.6 Å². The maximum Gasteiger partial charge on any atom is 0.404 e. The average molecular weight is 839 g/mol. The number of thiophene rings is 1. The topological polar surface area (TPSA) is 163 Å². The molecule has 0 aliphatic carbocycles. The summed E-state index contributed by atoms with van der Waals surface area (Å²) in [7, 11) is -5.02. The van der Waals surface area contributed by atoms with Gasteiger partial charge in [-0.3, -0.25) is 24.0 Å². The highest BCUT2D eigenvalue weighted by atomic mass is 35.5. The van der Waals surface area contributed by atoms with Gasteiger partial charge in [0.05, 0.1) is 58.7 Å². The van der Waals surface area contributed by atoms with E-state index in [0.29, 0.717) is 56.2 Å². The van der Waals surface area contributed by atoms with Gasteiger partial charge in [0.15, 0.2) is 5.75 Å². The second-order valence-corrected chi connectivity index (χ2v) is 16.6.